The van der Waals surface area contributed by atoms with E-state index in [9.17, 15) is 14.3 Å². The SMILES string of the molecule is CCCCOc1ccc2c(c1)c(-c1cc(C(=O)O)[nH]n1)c(C(C)C)n2-c1ccc(F)c(C)c1. The highest BCUT2D eigenvalue weighted by atomic mass is 19.1. The van der Waals surface area contributed by atoms with Crippen molar-refractivity contribution in [3.05, 3.63) is 65.2 Å². The number of halogens is 1. The first kappa shape index (κ1) is 22.6. The van der Waals surface area contributed by atoms with Crippen LogP contribution in [0.4, 0.5) is 4.39 Å². The molecule has 0 saturated heterocycles. The van der Waals surface area contributed by atoms with Crippen molar-refractivity contribution in [2.24, 2.45) is 0 Å². The number of carbonyl (C=O) groups is 1. The number of unbranched alkanes of at least 4 members (excludes halogenated alkanes) is 1. The average molecular weight is 450 g/mol. The molecule has 0 unspecified atom stereocenters. The summed E-state index contributed by atoms with van der Waals surface area (Å²) in [5.41, 5.74) is 4.68. The molecule has 2 aromatic carbocycles. The number of H-pyrrole nitrogens is 1. The Labute approximate surface area is 192 Å². The minimum Gasteiger partial charge on any atom is -0.494 e. The molecule has 7 heteroatoms. The third-order valence-electron chi connectivity index (χ3n) is 5.75. The number of nitrogens with zero attached hydrogens (tertiary/aromatic N) is 2. The van der Waals surface area contributed by atoms with E-state index in [0.717, 1.165) is 46.4 Å². The van der Waals surface area contributed by atoms with Gasteiger partial charge in [0.15, 0.2) is 0 Å². The van der Waals surface area contributed by atoms with E-state index in [4.69, 9.17) is 4.74 Å². The summed E-state index contributed by atoms with van der Waals surface area (Å²) in [6.45, 7) is 8.63. The lowest BCUT2D eigenvalue weighted by Crippen LogP contribution is -2.04. The molecule has 172 valence electrons. The summed E-state index contributed by atoms with van der Waals surface area (Å²) in [5.74, 6) is -0.506. The van der Waals surface area contributed by atoms with Gasteiger partial charge in [-0.2, -0.15) is 5.10 Å². The summed E-state index contributed by atoms with van der Waals surface area (Å²) >= 11 is 0. The molecular formula is C26H28FN3O3. The molecule has 0 bridgehead atoms. The van der Waals surface area contributed by atoms with Crippen LogP contribution in [-0.2, 0) is 0 Å². The van der Waals surface area contributed by atoms with Gasteiger partial charge in [-0.25, -0.2) is 9.18 Å². The fourth-order valence-corrected chi connectivity index (χ4v) is 4.14. The number of carboxylic acids is 1. The van der Waals surface area contributed by atoms with Crippen molar-refractivity contribution in [3.63, 3.8) is 0 Å². The highest BCUT2D eigenvalue weighted by Gasteiger charge is 2.25. The van der Waals surface area contributed by atoms with Crippen LogP contribution < -0.4 is 4.74 Å². The Morgan fingerprint density at radius 2 is 2.00 bits per heavy atom. The zero-order valence-electron chi connectivity index (χ0n) is 19.3. The smallest absolute Gasteiger partial charge is 0.353 e. The third kappa shape index (κ3) is 4.23. The van der Waals surface area contributed by atoms with Gasteiger partial charge in [0.25, 0.3) is 0 Å². The first-order valence-corrected chi connectivity index (χ1v) is 11.2. The van der Waals surface area contributed by atoms with Crippen molar-refractivity contribution in [1.29, 1.82) is 0 Å². The first-order valence-electron chi connectivity index (χ1n) is 11.2. The second kappa shape index (κ2) is 9.10. The van der Waals surface area contributed by atoms with E-state index in [1.54, 1.807) is 19.1 Å². The number of hydrogen-bond acceptors (Lipinski definition) is 3. The predicted octanol–water partition coefficient (Wildman–Crippen LogP) is 6.47. The zero-order valence-corrected chi connectivity index (χ0v) is 19.3. The maximum absolute atomic E-state index is 14.0. The molecule has 0 amide bonds. The predicted molar refractivity (Wildman–Crippen MR) is 127 cm³/mol. The van der Waals surface area contributed by atoms with E-state index < -0.39 is 5.97 Å². The minimum absolute atomic E-state index is 0.0218. The molecule has 4 rings (SSSR count). The number of hydrogen-bond donors (Lipinski definition) is 2. The van der Waals surface area contributed by atoms with E-state index >= 15 is 0 Å². The number of carboxylic acid groups (broad SMARTS) is 1. The lowest BCUT2D eigenvalue weighted by Gasteiger charge is -2.16. The lowest BCUT2D eigenvalue weighted by molar-refractivity contribution is 0.0690. The minimum atomic E-state index is -1.07. The number of nitrogens with one attached hydrogen (secondary N) is 1. The molecular weight excluding hydrogens is 421 g/mol. The van der Waals surface area contributed by atoms with Gasteiger partial charge < -0.3 is 14.4 Å². The van der Waals surface area contributed by atoms with Gasteiger partial charge in [0.2, 0.25) is 0 Å². The topological polar surface area (TPSA) is 80.1 Å². The van der Waals surface area contributed by atoms with Crippen LogP contribution in [0.3, 0.4) is 0 Å². The van der Waals surface area contributed by atoms with Gasteiger partial charge in [-0.05, 0) is 67.3 Å². The number of fused-ring (bicyclic) bond motifs is 1. The van der Waals surface area contributed by atoms with Gasteiger partial charge in [-0.1, -0.05) is 27.2 Å². The van der Waals surface area contributed by atoms with Gasteiger partial charge in [-0.15, -0.1) is 0 Å². The zero-order chi connectivity index (χ0) is 23.7. The van der Waals surface area contributed by atoms with Crippen LogP contribution >= 0.6 is 0 Å². The van der Waals surface area contributed by atoms with E-state index in [1.807, 2.05) is 24.3 Å². The number of benzene rings is 2. The number of ether oxygens (including phenoxy) is 1. The van der Waals surface area contributed by atoms with Crippen LogP contribution in [0.15, 0.2) is 42.5 Å². The molecule has 0 saturated carbocycles. The molecule has 0 fully saturated rings. The Morgan fingerprint density at radius 1 is 1.21 bits per heavy atom. The third-order valence-corrected chi connectivity index (χ3v) is 5.75. The molecule has 2 aromatic heterocycles. The summed E-state index contributed by atoms with van der Waals surface area (Å²) in [7, 11) is 0. The van der Waals surface area contributed by atoms with Crippen LogP contribution in [-0.4, -0.2) is 32.4 Å². The molecule has 0 spiro atoms. The monoisotopic (exact) mass is 449 g/mol. The van der Waals surface area contributed by atoms with Crippen molar-refractivity contribution in [1.82, 2.24) is 14.8 Å². The van der Waals surface area contributed by atoms with Crippen LogP contribution in [0.1, 0.15) is 61.3 Å². The van der Waals surface area contributed by atoms with Crippen molar-refractivity contribution < 1.29 is 19.0 Å². The molecule has 0 radical (unpaired) electrons. The Hall–Kier alpha value is -3.61. The maximum Gasteiger partial charge on any atom is 0.353 e. The quantitative estimate of drug-likeness (QED) is 0.302. The molecule has 2 heterocycles. The highest BCUT2D eigenvalue weighted by molar-refractivity contribution is 6.00. The van der Waals surface area contributed by atoms with Crippen molar-refractivity contribution in [2.45, 2.75) is 46.5 Å². The largest absolute Gasteiger partial charge is 0.494 e. The fraction of sp³-hybridized carbons (Fsp3) is 0.308. The first-order chi connectivity index (χ1) is 15.8. The molecule has 0 aliphatic heterocycles. The second-order valence-corrected chi connectivity index (χ2v) is 8.54. The van der Waals surface area contributed by atoms with E-state index in [1.165, 1.54) is 6.07 Å². The van der Waals surface area contributed by atoms with Gasteiger partial charge in [-0.3, -0.25) is 5.10 Å². The van der Waals surface area contributed by atoms with Crippen LogP contribution in [0, 0.1) is 12.7 Å². The van der Waals surface area contributed by atoms with E-state index in [2.05, 4.69) is 35.5 Å². The van der Waals surface area contributed by atoms with Crippen molar-refractivity contribution >= 4 is 16.9 Å². The number of rotatable bonds is 8. The summed E-state index contributed by atoms with van der Waals surface area (Å²) in [4.78, 5) is 11.5. The van der Waals surface area contributed by atoms with Gasteiger partial charge in [0.1, 0.15) is 17.3 Å². The van der Waals surface area contributed by atoms with Gasteiger partial charge >= 0.3 is 5.97 Å². The number of aromatic amines is 1. The molecule has 6 nitrogen and oxygen atoms in total. The highest BCUT2D eigenvalue weighted by Crippen LogP contribution is 2.41. The molecule has 0 aliphatic carbocycles. The normalized spacial score (nSPS) is 11.5. The number of aromatic carboxylic acids is 1. The van der Waals surface area contributed by atoms with Crippen molar-refractivity contribution in [3.8, 4) is 22.7 Å². The molecule has 0 aliphatic rings. The Balaban J connectivity index is 2.02. The average Bonchev–Trinajstić information content (AvgIpc) is 3.38. The summed E-state index contributed by atoms with van der Waals surface area (Å²) in [5, 5.41) is 17.3. The van der Waals surface area contributed by atoms with Gasteiger partial charge in [0, 0.05) is 22.3 Å². The van der Waals surface area contributed by atoms with Crippen molar-refractivity contribution in [2.75, 3.05) is 6.61 Å². The van der Waals surface area contributed by atoms with Crippen LogP contribution in [0.5, 0.6) is 5.75 Å². The second-order valence-electron chi connectivity index (χ2n) is 8.54. The maximum atomic E-state index is 14.0. The number of aromatic nitrogens is 3. The molecule has 33 heavy (non-hydrogen) atoms. The fourth-order valence-electron chi connectivity index (χ4n) is 4.14. The van der Waals surface area contributed by atoms with E-state index in [-0.39, 0.29) is 17.4 Å². The summed E-state index contributed by atoms with van der Waals surface area (Å²) in [6, 6.07) is 12.5. The lowest BCUT2D eigenvalue weighted by atomic mass is 10.0. The summed E-state index contributed by atoms with van der Waals surface area (Å²) in [6.07, 6.45) is 2.00. The molecule has 2 N–H and O–H groups in total. The Bertz CT molecular complexity index is 1320. The standard InChI is InChI=1S/C26H28FN3O3/c1-5-6-11-33-18-8-10-23-19(13-18)24(21-14-22(26(31)32)29-28-21)25(15(2)3)30(23)17-7-9-20(27)16(4)12-17/h7-10,12-15H,5-6,11H2,1-4H3,(H,28,29)(H,31,32). The van der Waals surface area contributed by atoms with Crippen LogP contribution in [0.25, 0.3) is 27.8 Å². The molecule has 4 aromatic rings. The number of aryl methyl sites for hydroxylation is 1. The van der Waals surface area contributed by atoms with Crippen LogP contribution in [0.2, 0.25) is 0 Å². The van der Waals surface area contributed by atoms with Gasteiger partial charge in [0.05, 0.1) is 17.8 Å². The molecule has 0 atom stereocenters. The Kier molecular flexibility index (Phi) is 6.22. The van der Waals surface area contributed by atoms with E-state index in [0.29, 0.717) is 17.9 Å². The Morgan fingerprint density at radius 3 is 2.64 bits per heavy atom. The summed E-state index contributed by atoms with van der Waals surface area (Å²) < 4.78 is 22.1.